The molecule has 1 aliphatic heterocycles. The number of hydrogen-bond acceptors (Lipinski definition) is 4. The van der Waals surface area contributed by atoms with Crippen LogP contribution in [0.25, 0.3) is 11.5 Å². The summed E-state index contributed by atoms with van der Waals surface area (Å²) in [5.41, 5.74) is 1.59. The molecule has 2 aromatic carbocycles. The maximum absolute atomic E-state index is 13.8. The lowest BCUT2D eigenvalue weighted by atomic mass is 10.1. The average Bonchev–Trinajstić information content (AvgIpc) is 3.25. The van der Waals surface area contributed by atoms with Crippen molar-refractivity contribution in [1.29, 1.82) is 0 Å². The number of anilines is 1. The molecule has 3 aromatic rings. The monoisotopic (exact) mass is 355 g/mol. The van der Waals surface area contributed by atoms with Crippen LogP contribution in [0.4, 0.5) is 14.5 Å². The number of amides is 1. The highest BCUT2D eigenvalue weighted by Gasteiger charge is 2.35. The van der Waals surface area contributed by atoms with E-state index in [1.165, 1.54) is 18.2 Å². The van der Waals surface area contributed by atoms with Gasteiger partial charge in [0, 0.05) is 35.7 Å². The molecule has 132 valence electrons. The predicted octanol–water partition coefficient (Wildman–Crippen LogP) is 3.84. The molecule has 1 aliphatic rings. The Morgan fingerprint density at radius 3 is 2.69 bits per heavy atom. The van der Waals surface area contributed by atoms with Crippen molar-refractivity contribution < 1.29 is 18.1 Å². The molecule has 4 rings (SSSR count). The smallest absolute Gasteiger partial charge is 0.257 e. The normalized spacial score (nSPS) is 17.1. The van der Waals surface area contributed by atoms with Gasteiger partial charge in [-0.15, -0.1) is 0 Å². The van der Waals surface area contributed by atoms with E-state index in [1.54, 1.807) is 36.1 Å². The number of rotatable bonds is 3. The Labute approximate surface area is 148 Å². The van der Waals surface area contributed by atoms with Crippen molar-refractivity contribution in [2.45, 2.75) is 19.3 Å². The summed E-state index contributed by atoms with van der Waals surface area (Å²) < 4.78 is 32.1. The maximum Gasteiger partial charge on any atom is 0.257 e. The van der Waals surface area contributed by atoms with Gasteiger partial charge in [0.15, 0.2) is 5.82 Å². The lowest BCUT2D eigenvalue weighted by Gasteiger charge is -2.18. The first kappa shape index (κ1) is 16.4. The summed E-state index contributed by atoms with van der Waals surface area (Å²) in [6, 6.07) is 10.4. The number of halogens is 2. The summed E-state index contributed by atoms with van der Waals surface area (Å²) in [4.78, 5) is 18.3. The second-order valence-corrected chi connectivity index (χ2v) is 6.25. The minimum absolute atomic E-state index is 0.114. The van der Waals surface area contributed by atoms with Crippen molar-refractivity contribution in [3.8, 4) is 11.5 Å². The largest absolute Gasteiger partial charge is 0.334 e. The van der Waals surface area contributed by atoms with Gasteiger partial charge in [0.1, 0.15) is 11.6 Å². The molecule has 0 radical (unpaired) electrons. The molecule has 1 unspecified atom stereocenters. The predicted molar refractivity (Wildman–Crippen MR) is 90.5 cm³/mol. The summed E-state index contributed by atoms with van der Waals surface area (Å²) in [6.45, 7) is 2.00. The van der Waals surface area contributed by atoms with Crippen LogP contribution < -0.4 is 4.90 Å². The molecule has 1 aromatic heterocycles. The number of nitrogens with zero attached hydrogens (tertiary/aromatic N) is 3. The third-order valence-electron chi connectivity index (χ3n) is 4.55. The van der Waals surface area contributed by atoms with Gasteiger partial charge in [-0.05, 0) is 43.3 Å². The lowest BCUT2D eigenvalue weighted by molar-refractivity contribution is -0.117. The van der Waals surface area contributed by atoms with E-state index in [9.17, 15) is 13.6 Å². The molecule has 0 spiro atoms. The van der Waals surface area contributed by atoms with Crippen LogP contribution in [0.1, 0.15) is 23.7 Å². The number of benzene rings is 2. The van der Waals surface area contributed by atoms with Gasteiger partial charge in [0.2, 0.25) is 5.91 Å². The van der Waals surface area contributed by atoms with Crippen molar-refractivity contribution in [1.82, 2.24) is 10.1 Å². The fourth-order valence-electron chi connectivity index (χ4n) is 3.11. The molecule has 2 heterocycles. The first-order valence-electron chi connectivity index (χ1n) is 8.18. The van der Waals surface area contributed by atoms with Crippen molar-refractivity contribution >= 4 is 11.6 Å². The number of aromatic nitrogens is 2. The number of hydrogen-bond donors (Lipinski definition) is 0. The fraction of sp³-hybridized carbons (Fsp3) is 0.211. The highest BCUT2D eigenvalue weighted by Crippen LogP contribution is 2.33. The van der Waals surface area contributed by atoms with E-state index in [-0.39, 0.29) is 35.8 Å². The van der Waals surface area contributed by atoms with Crippen molar-refractivity contribution in [2.24, 2.45) is 0 Å². The van der Waals surface area contributed by atoms with Crippen LogP contribution in [0.15, 0.2) is 47.0 Å². The molecule has 26 heavy (non-hydrogen) atoms. The molecule has 0 saturated carbocycles. The van der Waals surface area contributed by atoms with Gasteiger partial charge in [0.25, 0.3) is 5.89 Å². The standard InChI is InChI=1S/C19H15F2N3O2/c1-11-15(21)3-2-4-16(11)24-10-13(9-17(24)25)18-22-19(26-23-18)12-5-7-14(20)8-6-12/h2-8,13H,9-10H2,1H3. The van der Waals surface area contributed by atoms with E-state index in [0.717, 1.165) is 0 Å². The Balaban J connectivity index is 1.58. The Kier molecular flexibility index (Phi) is 3.99. The zero-order chi connectivity index (χ0) is 18.3. The van der Waals surface area contributed by atoms with Crippen LogP contribution in [0.5, 0.6) is 0 Å². The summed E-state index contributed by atoms with van der Waals surface area (Å²) in [6.07, 6.45) is 0.221. The van der Waals surface area contributed by atoms with Crippen LogP contribution >= 0.6 is 0 Å². The first-order valence-corrected chi connectivity index (χ1v) is 8.18. The number of carbonyl (C=O) groups excluding carboxylic acids is 1. The topological polar surface area (TPSA) is 59.2 Å². The van der Waals surface area contributed by atoms with Crippen LogP contribution in [-0.2, 0) is 4.79 Å². The summed E-state index contributed by atoms with van der Waals surface area (Å²) in [7, 11) is 0. The van der Waals surface area contributed by atoms with Crippen LogP contribution in [0.3, 0.4) is 0 Å². The van der Waals surface area contributed by atoms with E-state index in [2.05, 4.69) is 10.1 Å². The summed E-state index contributed by atoms with van der Waals surface area (Å²) in [5.74, 6) is -0.380. The second-order valence-electron chi connectivity index (χ2n) is 6.25. The van der Waals surface area contributed by atoms with Gasteiger partial charge in [0.05, 0.1) is 0 Å². The van der Waals surface area contributed by atoms with E-state index in [4.69, 9.17) is 4.52 Å². The molecular formula is C19H15F2N3O2. The molecule has 0 aliphatic carbocycles. The molecule has 0 bridgehead atoms. The summed E-state index contributed by atoms with van der Waals surface area (Å²) >= 11 is 0. The molecule has 1 saturated heterocycles. The Hall–Kier alpha value is -3.09. The van der Waals surface area contributed by atoms with Crippen LogP contribution in [0, 0.1) is 18.6 Å². The van der Waals surface area contributed by atoms with E-state index < -0.39 is 0 Å². The first-order chi connectivity index (χ1) is 12.5. The van der Waals surface area contributed by atoms with Gasteiger partial charge < -0.3 is 9.42 Å². The highest BCUT2D eigenvalue weighted by molar-refractivity contribution is 5.97. The van der Waals surface area contributed by atoms with Crippen molar-refractivity contribution in [3.05, 3.63) is 65.5 Å². The molecule has 5 nitrogen and oxygen atoms in total. The number of carbonyl (C=O) groups is 1. The van der Waals surface area contributed by atoms with Gasteiger partial charge >= 0.3 is 0 Å². The zero-order valence-corrected chi connectivity index (χ0v) is 13.9. The molecule has 0 N–H and O–H groups in total. The minimum atomic E-state index is -0.351. The Bertz CT molecular complexity index is 969. The van der Waals surface area contributed by atoms with Crippen molar-refractivity contribution in [2.75, 3.05) is 11.4 Å². The van der Waals surface area contributed by atoms with Gasteiger partial charge in [-0.1, -0.05) is 11.2 Å². The van der Waals surface area contributed by atoms with E-state index in [1.807, 2.05) is 0 Å². The maximum atomic E-state index is 13.8. The van der Waals surface area contributed by atoms with Crippen LogP contribution in [0.2, 0.25) is 0 Å². The molecule has 1 amide bonds. The lowest BCUT2D eigenvalue weighted by Crippen LogP contribution is -2.25. The minimum Gasteiger partial charge on any atom is -0.334 e. The molecule has 1 atom stereocenters. The molecular weight excluding hydrogens is 340 g/mol. The Morgan fingerprint density at radius 2 is 1.92 bits per heavy atom. The Morgan fingerprint density at radius 1 is 1.15 bits per heavy atom. The van der Waals surface area contributed by atoms with E-state index >= 15 is 0 Å². The molecule has 1 fully saturated rings. The zero-order valence-electron chi connectivity index (χ0n) is 13.9. The van der Waals surface area contributed by atoms with Crippen molar-refractivity contribution in [3.63, 3.8) is 0 Å². The third-order valence-corrected chi connectivity index (χ3v) is 4.55. The van der Waals surface area contributed by atoms with Crippen LogP contribution in [-0.4, -0.2) is 22.6 Å². The quantitative estimate of drug-likeness (QED) is 0.716. The fourth-order valence-corrected chi connectivity index (χ4v) is 3.11. The van der Waals surface area contributed by atoms with E-state index in [0.29, 0.717) is 29.2 Å². The third kappa shape index (κ3) is 2.85. The average molecular weight is 355 g/mol. The van der Waals surface area contributed by atoms with Gasteiger partial charge in [-0.3, -0.25) is 4.79 Å². The second kappa shape index (κ2) is 6.33. The SMILES string of the molecule is Cc1c(F)cccc1N1CC(c2noc(-c3ccc(F)cc3)n2)CC1=O. The highest BCUT2D eigenvalue weighted by atomic mass is 19.1. The summed E-state index contributed by atoms with van der Waals surface area (Å²) in [5, 5.41) is 3.97. The van der Waals surface area contributed by atoms with Gasteiger partial charge in [-0.2, -0.15) is 4.98 Å². The van der Waals surface area contributed by atoms with Gasteiger partial charge in [-0.25, -0.2) is 8.78 Å². The molecule has 7 heteroatoms.